The van der Waals surface area contributed by atoms with Crippen LogP contribution in [0.15, 0.2) is 12.3 Å². The fraction of sp³-hybridized carbons (Fsp3) is 0.545. The van der Waals surface area contributed by atoms with Crippen molar-refractivity contribution in [3.63, 3.8) is 0 Å². The van der Waals surface area contributed by atoms with Crippen LogP contribution in [0.25, 0.3) is 0 Å². The van der Waals surface area contributed by atoms with Crippen LogP contribution in [0.4, 0.5) is 11.4 Å². The first kappa shape index (κ1) is 11.5. The largest absolute Gasteiger partial charge is 0.396 e. The molecule has 0 bridgehead atoms. The predicted octanol–water partition coefficient (Wildman–Crippen LogP) is 1.82. The Kier molecular flexibility index (Phi) is 3.51. The van der Waals surface area contributed by atoms with Gasteiger partial charge in [-0.15, -0.1) is 0 Å². The number of nitrogens with zero attached hydrogens (tertiary/aromatic N) is 2. The molecule has 1 aromatic heterocycles. The summed E-state index contributed by atoms with van der Waals surface area (Å²) in [5, 5.41) is 3.91. The molecule has 88 valence electrons. The standard InChI is InChI=1S/C11H17ClN4/c1-16-4-2-8(3-5-16)15-10-6-11(12)14-7-9(10)13/h6-8H,2-5,13H2,1H3,(H,14,15). The number of piperidine rings is 1. The molecule has 2 heterocycles. The third-order valence-electron chi connectivity index (χ3n) is 2.98. The van der Waals surface area contributed by atoms with Gasteiger partial charge in [0.25, 0.3) is 0 Å². The lowest BCUT2D eigenvalue weighted by Gasteiger charge is -2.30. The van der Waals surface area contributed by atoms with Gasteiger partial charge in [0.2, 0.25) is 0 Å². The Balaban J connectivity index is 2.00. The maximum Gasteiger partial charge on any atom is 0.131 e. The van der Waals surface area contributed by atoms with Gasteiger partial charge in [0.15, 0.2) is 0 Å². The van der Waals surface area contributed by atoms with Gasteiger partial charge in [-0.25, -0.2) is 4.98 Å². The van der Waals surface area contributed by atoms with Gasteiger partial charge in [0.05, 0.1) is 17.6 Å². The number of pyridine rings is 1. The highest BCUT2D eigenvalue weighted by atomic mass is 35.5. The van der Waals surface area contributed by atoms with E-state index in [9.17, 15) is 0 Å². The molecule has 4 nitrogen and oxygen atoms in total. The molecule has 1 aliphatic heterocycles. The summed E-state index contributed by atoms with van der Waals surface area (Å²) in [5.41, 5.74) is 7.39. The summed E-state index contributed by atoms with van der Waals surface area (Å²) in [4.78, 5) is 6.27. The van der Waals surface area contributed by atoms with Crippen LogP contribution in [0.5, 0.6) is 0 Å². The average molecular weight is 241 g/mol. The number of hydrogen-bond donors (Lipinski definition) is 2. The quantitative estimate of drug-likeness (QED) is 0.775. The Morgan fingerprint density at radius 2 is 2.19 bits per heavy atom. The molecule has 0 saturated carbocycles. The molecule has 1 aliphatic rings. The number of nitrogens with two attached hydrogens (primary N) is 1. The van der Waals surface area contributed by atoms with E-state index in [4.69, 9.17) is 17.3 Å². The molecule has 0 radical (unpaired) electrons. The molecule has 1 fully saturated rings. The summed E-state index contributed by atoms with van der Waals surface area (Å²) in [5.74, 6) is 0. The van der Waals surface area contributed by atoms with E-state index in [1.54, 1.807) is 12.3 Å². The fourth-order valence-electron chi connectivity index (χ4n) is 1.94. The zero-order valence-electron chi connectivity index (χ0n) is 9.41. The number of hydrogen-bond acceptors (Lipinski definition) is 4. The molecule has 16 heavy (non-hydrogen) atoms. The molecule has 2 rings (SSSR count). The lowest BCUT2D eigenvalue weighted by atomic mass is 10.1. The van der Waals surface area contributed by atoms with Crippen LogP contribution >= 0.6 is 11.6 Å². The molecule has 0 atom stereocenters. The van der Waals surface area contributed by atoms with E-state index in [2.05, 4.69) is 22.2 Å². The second-order valence-corrected chi connectivity index (χ2v) is 4.70. The number of anilines is 2. The lowest BCUT2D eigenvalue weighted by Crippen LogP contribution is -2.36. The summed E-state index contributed by atoms with van der Waals surface area (Å²) in [6.07, 6.45) is 3.87. The molecule has 0 spiro atoms. The maximum absolute atomic E-state index is 5.84. The first-order valence-electron chi connectivity index (χ1n) is 5.51. The molecule has 0 amide bonds. The first-order valence-corrected chi connectivity index (χ1v) is 5.89. The number of nitrogen functional groups attached to an aromatic ring is 1. The average Bonchev–Trinajstić information content (AvgIpc) is 2.27. The third kappa shape index (κ3) is 2.77. The van der Waals surface area contributed by atoms with E-state index in [1.807, 2.05) is 0 Å². The van der Waals surface area contributed by atoms with Crippen LogP contribution in [-0.2, 0) is 0 Å². The minimum Gasteiger partial charge on any atom is -0.396 e. The van der Waals surface area contributed by atoms with E-state index in [1.165, 1.54) is 0 Å². The second-order valence-electron chi connectivity index (χ2n) is 4.32. The Labute approximate surface area is 101 Å². The highest BCUT2D eigenvalue weighted by Crippen LogP contribution is 2.23. The molecule has 1 saturated heterocycles. The lowest BCUT2D eigenvalue weighted by molar-refractivity contribution is 0.264. The first-order chi connectivity index (χ1) is 7.65. The van der Waals surface area contributed by atoms with Crippen molar-refractivity contribution in [2.45, 2.75) is 18.9 Å². The maximum atomic E-state index is 5.84. The Morgan fingerprint density at radius 1 is 1.50 bits per heavy atom. The smallest absolute Gasteiger partial charge is 0.131 e. The Morgan fingerprint density at radius 3 is 2.88 bits per heavy atom. The topological polar surface area (TPSA) is 54.2 Å². The van der Waals surface area contributed by atoms with Crippen LogP contribution in [0.3, 0.4) is 0 Å². The Hall–Kier alpha value is -1.00. The number of likely N-dealkylation sites (tertiary alicyclic amines) is 1. The van der Waals surface area contributed by atoms with Gasteiger partial charge in [0.1, 0.15) is 5.15 Å². The molecule has 1 aromatic rings. The number of rotatable bonds is 2. The highest BCUT2D eigenvalue weighted by molar-refractivity contribution is 6.29. The van der Waals surface area contributed by atoms with Crippen LogP contribution in [0.1, 0.15) is 12.8 Å². The van der Waals surface area contributed by atoms with Gasteiger partial charge in [-0.3, -0.25) is 0 Å². The van der Waals surface area contributed by atoms with Crippen molar-refractivity contribution in [1.29, 1.82) is 0 Å². The molecule has 0 unspecified atom stereocenters. The van der Waals surface area contributed by atoms with Crippen molar-refractivity contribution in [3.05, 3.63) is 17.4 Å². The number of halogens is 1. The van der Waals surface area contributed by atoms with Crippen molar-refractivity contribution >= 4 is 23.0 Å². The SMILES string of the molecule is CN1CCC(Nc2cc(Cl)ncc2N)CC1. The van der Waals surface area contributed by atoms with E-state index in [-0.39, 0.29) is 0 Å². The van der Waals surface area contributed by atoms with Crippen molar-refractivity contribution in [2.24, 2.45) is 0 Å². The predicted molar refractivity (Wildman–Crippen MR) is 67.8 cm³/mol. The monoisotopic (exact) mass is 240 g/mol. The third-order valence-corrected chi connectivity index (χ3v) is 3.19. The normalized spacial score (nSPS) is 18.6. The molecule has 3 N–H and O–H groups in total. The summed E-state index contributed by atoms with van der Waals surface area (Å²) < 4.78 is 0. The van der Waals surface area contributed by atoms with Gasteiger partial charge < -0.3 is 16.0 Å². The molecular weight excluding hydrogens is 224 g/mol. The summed E-state index contributed by atoms with van der Waals surface area (Å²) in [6.45, 7) is 2.24. The van der Waals surface area contributed by atoms with E-state index in [0.717, 1.165) is 31.6 Å². The number of aromatic nitrogens is 1. The van der Waals surface area contributed by atoms with Gasteiger partial charge in [0, 0.05) is 12.1 Å². The summed E-state index contributed by atoms with van der Waals surface area (Å²) in [6, 6.07) is 2.27. The second kappa shape index (κ2) is 4.89. The van der Waals surface area contributed by atoms with E-state index >= 15 is 0 Å². The van der Waals surface area contributed by atoms with Gasteiger partial charge in [-0.05, 0) is 33.0 Å². The number of nitrogens with one attached hydrogen (secondary N) is 1. The van der Waals surface area contributed by atoms with Crippen LogP contribution in [-0.4, -0.2) is 36.1 Å². The van der Waals surface area contributed by atoms with Crippen molar-refractivity contribution in [3.8, 4) is 0 Å². The molecular formula is C11H17ClN4. The molecule has 0 aromatic carbocycles. The highest BCUT2D eigenvalue weighted by Gasteiger charge is 2.17. The summed E-state index contributed by atoms with van der Waals surface area (Å²) >= 11 is 5.84. The summed E-state index contributed by atoms with van der Waals surface area (Å²) in [7, 11) is 2.15. The van der Waals surface area contributed by atoms with Crippen molar-refractivity contribution in [2.75, 3.05) is 31.2 Å². The van der Waals surface area contributed by atoms with Crippen LogP contribution < -0.4 is 11.1 Å². The minimum absolute atomic E-state index is 0.477. The van der Waals surface area contributed by atoms with E-state index in [0.29, 0.717) is 16.9 Å². The van der Waals surface area contributed by atoms with Crippen LogP contribution in [0, 0.1) is 0 Å². The zero-order chi connectivity index (χ0) is 11.5. The van der Waals surface area contributed by atoms with Crippen molar-refractivity contribution < 1.29 is 0 Å². The zero-order valence-corrected chi connectivity index (χ0v) is 10.2. The molecule has 0 aliphatic carbocycles. The molecule has 5 heteroatoms. The van der Waals surface area contributed by atoms with Gasteiger partial charge in [-0.1, -0.05) is 11.6 Å². The fourth-order valence-corrected chi connectivity index (χ4v) is 2.10. The van der Waals surface area contributed by atoms with Crippen molar-refractivity contribution in [1.82, 2.24) is 9.88 Å². The Bertz CT molecular complexity index is 361. The van der Waals surface area contributed by atoms with Crippen LogP contribution in [0.2, 0.25) is 5.15 Å². The van der Waals surface area contributed by atoms with Gasteiger partial charge >= 0.3 is 0 Å². The van der Waals surface area contributed by atoms with Gasteiger partial charge in [-0.2, -0.15) is 0 Å². The van der Waals surface area contributed by atoms with E-state index < -0.39 is 0 Å². The minimum atomic E-state index is 0.477.